The number of anilines is 1. The second-order valence-electron chi connectivity index (χ2n) is 2.77. The van der Waals surface area contributed by atoms with Gasteiger partial charge in [0.05, 0.1) is 0 Å². The molecule has 1 N–H and O–H groups in total. The highest BCUT2D eigenvalue weighted by molar-refractivity contribution is 8.01. The Kier molecular flexibility index (Phi) is 4.24. The molecule has 0 atom stereocenters. The van der Waals surface area contributed by atoms with Gasteiger partial charge in [-0.2, -0.15) is 0 Å². The molecule has 0 saturated heterocycles. The van der Waals surface area contributed by atoms with Crippen LogP contribution in [0.4, 0.5) is 5.13 Å². The summed E-state index contributed by atoms with van der Waals surface area (Å²) in [5, 5.41) is 12.1. The van der Waals surface area contributed by atoms with Crippen LogP contribution in [0, 0.1) is 0 Å². The van der Waals surface area contributed by atoms with Gasteiger partial charge < -0.3 is 5.32 Å². The molecule has 0 amide bonds. The third-order valence-corrected chi connectivity index (χ3v) is 3.13. The van der Waals surface area contributed by atoms with Crippen LogP contribution in [-0.4, -0.2) is 22.0 Å². The van der Waals surface area contributed by atoms with Gasteiger partial charge in [0.1, 0.15) is 0 Å². The van der Waals surface area contributed by atoms with Crippen LogP contribution in [-0.2, 0) is 0 Å². The zero-order chi connectivity index (χ0) is 9.68. The van der Waals surface area contributed by atoms with Crippen molar-refractivity contribution >= 4 is 28.2 Å². The number of hydrogen-bond donors (Lipinski definition) is 1. The van der Waals surface area contributed by atoms with E-state index in [2.05, 4.69) is 35.9 Å². The predicted octanol–water partition coefficient (Wildman–Crippen LogP) is 2.64. The number of nitrogens with one attached hydrogen (secondary N) is 1. The number of thioether (sulfide) groups is 1. The molecule has 3 nitrogen and oxygen atoms in total. The van der Waals surface area contributed by atoms with Crippen molar-refractivity contribution in [3.05, 3.63) is 12.7 Å². The summed E-state index contributed by atoms with van der Waals surface area (Å²) >= 11 is 3.24. The van der Waals surface area contributed by atoms with E-state index in [0.29, 0.717) is 6.04 Å². The first-order valence-corrected chi connectivity index (χ1v) is 5.86. The Bertz CT molecular complexity index is 270. The third-order valence-electron chi connectivity index (χ3n) is 1.14. The van der Waals surface area contributed by atoms with Crippen LogP contribution in [0.3, 0.4) is 0 Å². The quantitative estimate of drug-likeness (QED) is 0.605. The van der Waals surface area contributed by atoms with Gasteiger partial charge in [0, 0.05) is 11.8 Å². The van der Waals surface area contributed by atoms with E-state index in [1.165, 1.54) is 0 Å². The second kappa shape index (κ2) is 5.24. The lowest BCUT2D eigenvalue weighted by Crippen LogP contribution is -2.08. The van der Waals surface area contributed by atoms with E-state index in [-0.39, 0.29) is 0 Å². The number of nitrogens with zero attached hydrogens (tertiary/aromatic N) is 2. The minimum absolute atomic E-state index is 0.408. The molecule has 1 heterocycles. The Hall–Kier alpha value is -0.550. The summed E-state index contributed by atoms with van der Waals surface area (Å²) in [6.07, 6.45) is 1.86. The van der Waals surface area contributed by atoms with Crippen LogP contribution in [0.1, 0.15) is 13.8 Å². The number of rotatable bonds is 5. The lowest BCUT2D eigenvalue weighted by Gasteiger charge is -2.02. The Labute approximate surface area is 86.7 Å². The van der Waals surface area contributed by atoms with E-state index < -0.39 is 0 Å². The molecular formula is C8H13N3S2. The third kappa shape index (κ3) is 3.78. The summed E-state index contributed by atoms with van der Waals surface area (Å²) in [7, 11) is 0. The fourth-order valence-electron chi connectivity index (χ4n) is 0.704. The van der Waals surface area contributed by atoms with Crippen LogP contribution >= 0.6 is 23.1 Å². The minimum atomic E-state index is 0.408. The monoisotopic (exact) mass is 215 g/mol. The van der Waals surface area contributed by atoms with Crippen LogP contribution in [0.15, 0.2) is 17.0 Å². The van der Waals surface area contributed by atoms with Crippen molar-refractivity contribution < 1.29 is 0 Å². The lowest BCUT2D eigenvalue weighted by atomic mass is 10.4. The van der Waals surface area contributed by atoms with Crippen molar-refractivity contribution in [2.45, 2.75) is 24.2 Å². The van der Waals surface area contributed by atoms with Gasteiger partial charge in [-0.15, -0.1) is 16.8 Å². The van der Waals surface area contributed by atoms with Gasteiger partial charge in [0.15, 0.2) is 4.34 Å². The summed E-state index contributed by atoms with van der Waals surface area (Å²) in [5.74, 6) is 0.885. The smallest absolute Gasteiger partial charge is 0.206 e. The summed E-state index contributed by atoms with van der Waals surface area (Å²) in [6, 6.07) is 0.408. The van der Waals surface area contributed by atoms with E-state index in [1.807, 2.05) is 6.08 Å². The normalized spacial score (nSPS) is 10.4. The van der Waals surface area contributed by atoms with Crippen LogP contribution in [0.2, 0.25) is 0 Å². The first-order valence-electron chi connectivity index (χ1n) is 4.06. The average Bonchev–Trinajstić information content (AvgIpc) is 2.48. The molecule has 1 aromatic heterocycles. The molecule has 0 unspecified atom stereocenters. The maximum Gasteiger partial charge on any atom is 0.206 e. The Balaban J connectivity index is 2.48. The zero-order valence-electron chi connectivity index (χ0n) is 7.78. The number of aromatic nitrogens is 2. The maximum absolute atomic E-state index is 4.03. The van der Waals surface area contributed by atoms with Crippen LogP contribution in [0.5, 0.6) is 0 Å². The highest BCUT2D eigenvalue weighted by atomic mass is 32.2. The molecule has 0 spiro atoms. The first kappa shape index (κ1) is 10.5. The molecule has 0 saturated carbocycles. The van der Waals surface area contributed by atoms with Crippen molar-refractivity contribution in [3.8, 4) is 0 Å². The van der Waals surface area contributed by atoms with Crippen molar-refractivity contribution in [2.24, 2.45) is 0 Å². The largest absolute Gasteiger partial charge is 0.358 e. The molecule has 0 radical (unpaired) electrons. The average molecular weight is 215 g/mol. The van der Waals surface area contributed by atoms with Gasteiger partial charge in [-0.05, 0) is 13.8 Å². The van der Waals surface area contributed by atoms with Gasteiger partial charge in [-0.25, -0.2) is 0 Å². The van der Waals surface area contributed by atoms with E-state index in [0.717, 1.165) is 15.2 Å². The standard InChI is InChI=1S/C8H13N3S2/c1-4-5-12-8-11-10-7(13-8)9-6(2)3/h4,6H,1,5H2,2-3H3,(H,9,10). The van der Waals surface area contributed by atoms with E-state index in [9.17, 15) is 0 Å². The van der Waals surface area contributed by atoms with Crippen molar-refractivity contribution in [1.82, 2.24) is 10.2 Å². The van der Waals surface area contributed by atoms with Crippen molar-refractivity contribution in [1.29, 1.82) is 0 Å². The molecule has 72 valence electrons. The Morgan fingerprint density at radius 3 is 3.00 bits per heavy atom. The molecule has 0 bridgehead atoms. The summed E-state index contributed by atoms with van der Waals surface area (Å²) in [4.78, 5) is 0. The topological polar surface area (TPSA) is 37.8 Å². The summed E-state index contributed by atoms with van der Waals surface area (Å²) in [5.41, 5.74) is 0. The molecule has 1 aromatic rings. The molecule has 13 heavy (non-hydrogen) atoms. The highest BCUT2D eigenvalue weighted by Gasteiger charge is 2.03. The van der Waals surface area contributed by atoms with Gasteiger partial charge >= 0.3 is 0 Å². The number of hydrogen-bond acceptors (Lipinski definition) is 5. The minimum Gasteiger partial charge on any atom is -0.358 e. The van der Waals surface area contributed by atoms with E-state index in [4.69, 9.17) is 0 Å². The highest BCUT2D eigenvalue weighted by Crippen LogP contribution is 2.25. The lowest BCUT2D eigenvalue weighted by molar-refractivity contribution is 0.883. The van der Waals surface area contributed by atoms with Crippen LogP contribution < -0.4 is 5.32 Å². The fraction of sp³-hybridized carbons (Fsp3) is 0.500. The fourth-order valence-corrected chi connectivity index (χ4v) is 2.36. The molecule has 5 heteroatoms. The maximum atomic E-state index is 4.03. The second-order valence-corrected chi connectivity index (χ2v) is 5.02. The summed E-state index contributed by atoms with van der Waals surface area (Å²) in [6.45, 7) is 7.81. The van der Waals surface area contributed by atoms with Crippen molar-refractivity contribution in [3.63, 3.8) is 0 Å². The molecular weight excluding hydrogens is 202 g/mol. The van der Waals surface area contributed by atoms with Gasteiger partial charge in [-0.3, -0.25) is 0 Å². The Morgan fingerprint density at radius 2 is 2.38 bits per heavy atom. The molecule has 0 fully saturated rings. The van der Waals surface area contributed by atoms with Crippen LogP contribution in [0.25, 0.3) is 0 Å². The SMILES string of the molecule is C=CCSc1nnc(NC(C)C)s1. The van der Waals surface area contributed by atoms with E-state index >= 15 is 0 Å². The predicted molar refractivity (Wildman–Crippen MR) is 59.6 cm³/mol. The molecule has 1 rings (SSSR count). The van der Waals surface area contributed by atoms with Gasteiger partial charge in [0.25, 0.3) is 0 Å². The Morgan fingerprint density at radius 1 is 1.62 bits per heavy atom. The molecule has 0 aliphatic carbocycles. The molecule has 0 aliphatic rings. The molecule has 0 aromatic carbocycles. The zero-order valence-corrected chi connectivity index (χ0v) is 9.41. The molecule has 0 aliphatic heterocycles. The van der Waals surface area contributed by atoms with Crippen molar-refractivity contribution in [2.75, 3.05) is 11.1 Å². The van der Waals surface area contributed by atoms with Gasteiger partial charge in [-0.1, -0.05) is 29.2 Å². The van der Waals surface area contributed by atoms with Gasteiger partial charge in [0.2, 0.25) is 5.13 Å². The van der Waals surface area contributed by atoms with E-state index in [1.54, 1.807) is 23.1 Å². The first-order chi connectivity index (χ1) is 6.22. The summed E-state index contributed by atoms with van der Waals surface area (Å²) < 4.78 is 0.989.